The van der Waals surface area contributed by atoms with Crippen molar-refractivity contribution in [1.82, 2.24) is 25.1 Å². The minimum atomic E-state index is -0.283. The summed E-state index contributed by atoms with van der Waals surface area (Å²) in [5, 5.41) is 7.24. The number of nitrogens with one attached hydrogen (secondary N) is 1. The van der Waals surface area contributed by atoms with Crippen LogP contribution >= 0.6 is 0 Å². The predicted octanol–water partition coefficient (Wildman–Crippen LogP) is 3.03. The Labute approximate surface area is 150 Å². The Balaban J connectivity index is 1.41. The molecule has 2 aromatic heterocycles. The van der Waals surface area contributed by atoms with Crippen LogP contribution in [-0.2, 0) is 0 Å². The number of benzene rings is 1. The molecule has 0 atom stereocenters. The van der Waals surface area contributed by atoms with Crippen LogP contribution in [0.5, 0.6) is 0 Å². The third-order valence-corrected chi connectivity index (χ3v) is 4.66. The highest BCUT2D eigenvalue weighted by molar-refractivity contribution is 5.92. The van der Waals surface area contributed by atoms with Crippen LogP contribution in [0.1, 0.15) is 35.1 Å². The number of amides is 1. The van der Waals surface area contributed by atoms with Crippen LogP contribution in [0, 0.1) is 5.82 Å². The standard InChI is InChI=1S/C19H18FN5O/c20-15-6-4-13(5-7-15)17-22-18(24-23-17)14-8-11-25(12-9-14)19(26)16-3-1-2-10-21-16/h1-7,10,14H,8-9,11-12H2,(H,22,23,24). The minimum Gasteiger partial charge on any atom is -0.337 e. The van der Waals surface area contributed by atoms with Crippen molar-refractivity contribution in [2.45, 2.75) is 18.8 Å². The number of carbonyl (C=O) groups excluding carboxylic acids is 1. The number of hydrogen-bond donors (Lipinski definition) is 1. The fourth-order valence-corrected chi connectivity index (χ4v) is 3.19. The van der Waals surface area contributed by atoms with Gasteiger partial charge in [-0.3, -0.25) is 14.9 Å². The van der Waals surface area contributed by atoms with E-state index in [1.807, 2.05) is 11.0 Å². The molecule has 6 nitrogen and oxygen atoms in total. The first-order valence-electron chi connectivity index (χ1n) is 8.59. The number of hydrogen-bond acceptors (Lipinski definition) is 4. The first-order chi connectivity index (χ1) is 12.7. The number of carbonyl (C=O) groups is 1. The SMILES string of the molecule is O=C(c1ccccn1)N1CCC(c2nc(-c3ccc(F)cc3)n[nH]2)CC1. The molecular formula is C19H18FN5O. The monoisotopic (exact) mass is 351 g/mol. The van der Waals surface area contributed by atoms with Crippen molar-refractivity contribution in [2.75, 3.05) is 13.1 Å². The number of aromatic nitrogens is 4. The molecule has 3 aromatic rings. The van der Waals surface area contributed by atoms with Crippen LogP contribution in [0.15, 0.2) is 48.7 Å². The van der Waals surface area contributed by atoms with Gasteiger partial charge in [-0.2, -0.15) is 5.10 Å². The van der Waals surface area contributed by atoms with Gasteiger partial charge in [-0.1, -0.05) is 6.07 Å². The average Bonchev–Trinajstić information content (AvgIpc) is 3.19. The van der Waals surface area contributed by atoms with Gasteiger partial charge in [-0.05, 0) is 49.2 Å². The number of aromatic amines is 1. The number of likely N-dealkylation sites (tertiary alicyclic amines) is 1. The van der Waals surface area contributed by atoms with Crippen molar-refractivity contribution in [3.05, 3.63) is 66.0 Å². The van der Waals surface area contributed by atoms with Crippen LogP contribution in [0.2, 0.25) is 0 Å². The third-order valence-electron chi connectivity index (χ3n) is 4.66. The summed E-state index contributed by atoms with van der Waals surface area (Å²) in [5.41, 5.74) is 1.25. The summed E-state index contributed by atoms with van der Waals surface area (Å²) in [7, 11) is 0. The molecule has 4 rings (SSSR count). The number of rotatable bonds is 3. The molecule has 1 fully saturated rings. The topological polar surface area (TPSA) is 74.8 Å². The highest BCUT2D eigenvalue weighted by Crippen LogP contribution is 2.27. The third kappa shape index (κ3) is 3.33. The van der Waals surface area contributed by atoms with E-state index in [9.17, 15) is 9.18 Å². The summed E-state index contributed by atoms with van der Waals surface area (Å²) in [4.78, 5) is 23.0. The van der Waals surface area contributed by atoms with Gasteiger partial charge in [0.1, 0.15) is 17.3 Å². The number of H-pyrrole nitrogens is 1. The van der Waals surface area contributed by atoms with E-state index in [0.29, 0.717) is 24.6 Å². The Morgan fingerprint density at radius 1 is 1.12 bits per heavy atom. The summed E-state index contributed by atoms with van der Waals surface area (Å²) in [6, 6.07) is 11.5. The van der Waals surface area contributed by atoms with E-state index >= 15 is 0 Å². The molecule has 1 saturated heterocycles. The molecule has 0 radical (unpaired) electrons. The highest BCUT2D eigenvalue weighted by atomic mass is 19.1. The highest BCUT2D eigenvalue weighted by Gasteiger charge is 2.27. The zero-order chi connectivity index (χ0) is 17.9. The summed E-state index contributed by atoms with van der Waals surface area (Å²) >= 11 is 0. The minimum absolute atomic E-state index is 0.0337. The lowest BCUT2D eigenvalue weighted by atomic mass is 9.96. The molecule has 0 saturated carbocycles. The molecule has 0 unspecified atom stereocenters. The van der Waals surface area contributed by atoms with Crippen molar-refractivity contribution < 1.29 is 9.18 Å². The summed E-state index contributed by atoms with van der Waals surface area (Å²) in [5.74, 6) is 1.29. The lowest BCUT2D eigenvalue weighted by molar-refractivity contribution is 0.0705. The summed E-state index contributed by atoms with van der Waals surface area (Å²) < 4.78 is 13.0. The Bertz CT molecular complexity index is 886. The van der Waals surface area contributed by atoms with E-state index in [1.54, 1.807) is 30.5 Å². The van der Waals surface area contributed by atoms with Crippen molar-refractivity contribution in [3.8, 4) is 11.4 Å². The molecule has 26 heavy (non-hydrogen) atoms. The van der Waals surface area contributed by atoms with Crippen molar-refractivity contribution >= 4 is 5.91 Å². The van der Waals surface area contributed by atoms with Crippen molar-refractivity contribution in [3.63, 3.8) is 0 Å². The molecule has 1 aromatic carbocycles. The van der Waals surface area contributed by atoms with Gasteiger partial charge >= 0.3 is 0 Å². The predicted molar refractivity (Wildman–Crippen MR) is 93.9 cm³/mol. The Morgan fingerprint density at radius 3 is 2.58 bits per heavy atom. The molecule has 1 N–H and O–H groups in total. The van der Waals surface area contributed by atoms with Crippen LogP contribution in [0.4, 0.5) is 4.39 Å². The average molecular weight is 351 g/mol. The summed E-state index contributed by atoms with van der Waals surface area (Å²) in [6.07, 6.45) is 3.26. The second-order valence-corrected chi connectivity index (χ2v) is 6.33. The zero-order valence-electron chi connectivity index (χ0n) is 14.1. The van der Waals surface area contributed by atoms with Crippen LogP contribution in [-0.4, -0.2) is 44.1 Å². The van der Waals surface area contributed by atoms with Gasteiger partial charge in [0, 0.05) is 30.8 Å². The lowest BCUT2D eigenvalue weighted by Gasteiger charge is -2.30. The number of piperidine rings is 1. The molecule has 0 bridgehead atoms. The number of pyridine rings is 1. The van der Waals surface area contributed by atoms with Gasteiger partial charge in [-0.25, -0.2) is 9.37 Å². The normalized spacial score (nSPS) is 15.2. The van der Waals surface area contributed by atoms with Gasteiger partial charge in [0.15, 0.2) is 5.82 Å². The first kappa shape index (κ1) is 16.4. The molecule has 1 aliphatic heterocycles. The van der Waals surface area contributed by atoms with Crippen LogP contribution < -0.4 is 0 Å². The van der Waals surface area contributed by atoms with E-state index in [2.05, 4.69) is 20.2 Å². The fourth-order valence-electron chi connectivity index (χ4n) is 3.19. The van der Waals surface area contributed by atoms with E-state index in [-0.39, 0.29) is 17.6 Å². The van der Waals surface area contributed by atoms with Gasteiger partial charge < -0.3 is 4.90 Å². The van der Waals surface area contributed by atoms with Crippen LogP contribution in [0.3, 0.4) is 0 Å². The van der Waals surface area contributed by atoms with Crippen molar-refractivity contribution in [2.24, 2.45) is 0 Å². The van der Waals surface area contributed by atoms with E-state index < -0.39 is 0 Å². The largest absolute Gasteiger partial charge is 0.337 e. The first-order valence-corrected chi connectivity index (χ1v) is 8.59. The maximum atomic E-state index is 13.0. The van der Waals surface area contributed by atoms with E-state index in [1.165, 1.54) is 12.1 Å². The molecule has 0 aliphatic carbocycles. The van der Waals surface area contributed by atoms with Crippen LogP contribution in [0.25, 0.3) is 11.4 Å². The quantitative estimate of drug-likeness (QED) is 0.787. The number of halogens is 1. The van der Waals surface area contributed by atoms with E-state index in [0.717, 1.165) is 24.2 Å². The van der Waals surface area contributed by atoms with Gasteiger partial charge in [0.2, 0.25) is 0 Å². The van der Waals surface area contributed by atoms with E-state index in [4.69, 9.17) is 0 Å². The molecule has 7 heteroatoms. The number of nitrogens with zero attached hydrogens (tertiary/aromatic N) is 4. The maximum Gasteiger partial charge on any atom is 0.272 e. The second kappa shape index (κ2) is 7.03. The zero-order valence-corrected chi connectivity index (χ0v) is 14.1. The second-order valence-electron chi connectivity index (χ2n) is 6.33. The molecule has 0 spiro atoms. The summed E-state index contributed by atoms with van der Waals surface area (Å²) in [6.45, 7) is 1.32. The molecular weight excluding hydrogens is 333 g/mol. The Morgan fingerprint density at radius 2 is 1.88 bits per heavy atom. The molecule has 3 heterocycles. The van der Waals surface area contributed by atoms with Crippen molar-refractivity contribution in [1.29, 1.82) is 0 Å². The smallest absolute Gasteiger partial charge is 0.272 e. The van der Waals surface area contributed by atoms with Gasteiger partial charge in [-0.15, -0.1) is 0 Å². The fraction of sp³-hybridized carbons (Fsp3) is 0.263. The van der Waals surface area contributed by atoms with Gasteiger partial charge in [0.25, 0.3) is 5.91 Å². The molecule has 1 amide bonds. The van der Waals surface area contributed by atoms with Gasteiger partial charge in [0.05, 0.1) is 0 Å². The lowest BCUT2D eigenvalue weighted by Crippen LogP contribution is -2.38. The Hall–Kier alpha value is -3.09. The molecule has 1 aliphatic rings. The molecule has 132 valence electrons. The maximum absolute atomic E-state index is 13.0. The Kier molecular flexibility index (Phi) is 4.43.